The summed E-state index contributed by atoms with van der Waals surface area (Å²) in [6, 6.07) is 1.78. The van der Waals surface area contributed by atoms with Crippen molar-refractivity contribution < 1.29 is 4.79 Å². The van der Waals surface area contributed by atoms with E-state index in [0.717, 1.165) is 17.8 Å². The minimum absolute atomic E-state index is 0.139. The molecule has 0 aliphatic heterocycles. The average molecular weight is 279 g/mol. The van der Waals surface area contributed by atoms with E-state index in [1.54, 1.807) is 23.1 Å². The van der Waals surface area contributed by atoms with Crippen LogP contribution < -0.4 is 5.32 Å². The van der Waals surface area contributed by atoms with E-state index >= 15 is 0 Å². The quantitative estimate of drug-likeness (QED) is 0.788. The van der Waals surface area contributed by atoms with Gasteiger partial charge < -0.3 is 0 Å². The van der Waals surface area contributed by atoms with Gasteiger partial charge >= 0.3 is 0 Å². The monoisotopic (exact) mass is 279 g/mol. The minimum atomic E-state index is -0.139. The van der Waals surface area contributed by atoms with Crippen LogP contribution in [0.4, 0.5) is 5.13 Å². The minimum Gasteiger partial charge on any atom is -0.299 e. The molecule has 0 unspecified atom stereocenters. The molecule has 19 heavy (non-hydrogen) atoms. The third kappa shape index (κ3) is 4.44. The molecule has 0 saturated heterocycles. The van der Waals surface area contributed by atoms with Crippen molar-refractivity contribution in [3.05, 3.63) is 23.5 Å². The van der Waals surface area contributed by atoms with Crippen LogP contribution >= 0.6 is 11.3 Å². The van der Waals surface area contributed by atoms with Crippen molar-refractivity contribution in [2.75, 3.05) is 5.32 Å². The zero-order chi connectivity index (χ0) is 13.5. The van der Waals surface area contributed by atoms with Crippen molar-refractivity contribution in [2.45, 2.75) is 39.2 Å². The lowest BCUT2D eigenvalue weighted by Gasteiger charge is -2.00. The van der Waals surface area contributed by atoms with Gasteiger partial charge in [0.25, 0.3) is 0 Å². The van der Waals surface area contributed by atoms with E-state index in [-0.39, 0.29) is 12.5 Å². The van der Waals surface area contributed by atoms with Gasteiger partial charge in [0, 0.05) is 18.8 Å². The second-order valence-corrected chi connectivity index (χ2v) is 5.27. The largest absolute Gasteiger partial charge is 0.299 e. The van der Waals surface area contributed by atoms with Gasteiger partial charge in [-0.25, -0.2) is 0 Å². The highest BCUT2D eigenvalue weighted by molar-refractivity contribution is 7.15. The Kier molecular flexibility index (Phi) is 5.02. The van der Waals surface area contributed by atoms with Crippen LogP contribution in [0, 0.1) is 0 Å². The fourth-order valence-corrected chi connectivity index (χ4v) is 2.43. The summed E-state index contributed by atoms with van der Waals surface area (Å²) >= 11 is 1.44. The predicted octanol–water partition coefficient (Wildman–Crippen LogP) is 2.11. The lowest BCUT2D eigenvalue weighted by molar-refractivity contribution is -0.116. The number of nitrogens with one attached hydrogen (secondary N) is 1. The maximum atomic E-state index is 11.7. The molecule has 0 aliphatic rings. The second-order valence-electron chi connectivity index (χ2n) is 4.21. The topological polar surface area (TPSA) is 72.7 Å². The number of unbranched alkanes of at least 4 members (excludes halogenated alkanes) is 2. The van der Waals surface area contributed by atoms with Crippen LogP contribution in [0.3, 0.4) is 0 Å². The number of anilines is 1. The zero-order valence-electron chi connectivity index (χ0n) is 10.9. The Labute approximate surface area is 115 Å². The van der Waals surface area contributed by atoms with Crippen LogP contribution in [0.15, 0.2) is 18.5 Å². The summed E-state index contributed by atoms with van der Waals surface area (Å²) < 4.78 is 1.57. The number of nitrogens with zero attached hydrogens (tertiary/aromatic N) is 4. The van der Waals surface area contributed by atoms with Crippen LogP contribution in [0.25, 0.3) is 0 Å². The molecule has 0 radical (unpaired) electrons. The maximum Gasteiger partial charge on any atom is 0.247 e. The molecule has 0 bridgehead atoms. The fraction of sp³-hybridized carbons (Fsp3) is 0.500. The molecule has 7 heteroatoms. The van der Waals surface area contributed by atoms with Gasteiger partial charge in [-0.2, -0.15) is 5.10 Å². The van der Waals surface area contributed by atoms with Crippen LogP contribution in [0.5, 0.6) is 0 Å². The molecular weight excluding hydrogens is 262 g/mol. The van der Waals surface area contributed by atoms with E-state index in [1.807, 2.05) is 0 Å². The Bertz CT molecular complexity index is 508. The lowest BCUT2D eigenvalue weighted by atomic mass is 10.2. The molecule has 2 heterocycles. The summed E-state index contributed by atoms with van der Waals surface area (Å²) in [5, 5.41) is 16.3. The van der Waals surface area contributed by atoms with Crippen LogP contribution in [-0.4, -0.2) is 25.9 Å². The number of hydrogen-bond donors (Lipinski definition) is 1. The number of amides is 1. The van der Waals surface area contributed by atoms with Crippen molar-refractivity contribution in [1.82, 2.24) is 20.0 Å². The first kappa shape index (κ1) is 13.7. The van der Waals surface area contributed by atoms with Crippen molar-refractivity contribution in [2.24, 2.45) is 0 Å². The van der Waals surface area contributed by atoms with Crippen LogP contribution in [0.2, 0.25) is 0 Å². The van der Waals surface area contributed by atoms with E-state index < -0.39 is 0 Å². The molecule has 2 rings (SSSR count). The molecule has 1 amide bonds. The number of carbonyl (C=O) groups is 1. The summed E-state index contributed by atoms with van der Waals surface area (Å²) in [5.74, 6) is -0.139. The molecule has 0 aliphatic carbocycles. The molecule has 0 atom stereocenters. The van der Waals surface area contributed by atoms with E-state index in [2.05, 4.69) is 27.5 Å². The van der Waals surface area contributed by atoms with E-state index in [0.29, 0.717) is 5.13 Å². The first-order chi connectivity index (χ1) is 9.28. The van der Waals surface area contributed by atoms with Crippen molar-refractivity contribution >= 4 is 22.4 Å². The third-order valence-corrected chi connectivity index (χ3v) is 3.47. The van der Waals surface area contributed by atoms with E-state index in [1.165, 1.54) is 24.2 Å². The summed E-state index contributed by atoms with van der Waals surface area (Å²) in [7, 11) is 0. The van der Waals surface area contributed by atoms with Gasteiger partial charge in [-0.05, 0) is 12.5 Å². The van der Waals surface area contributed by atoms with Gasteiger partial charge in [0.2, 0.25) is 11.0 Å². The number of aromatic nitrogens is 4. The number of hydrogen-bond acceptors (Lipinski definition) is 5. The van der Waals surface area contributed by atoms with Crippen LogP contribution in [-0.2, 0) is 17.8 Å². The van der Waals surface area contributed by atoms with Crippen molar-refractivity contribution in [3.8, 4) is 0 Å². The molecule has 2 aromatic rings. The Balaban J connectivity index is 1.80. The average Bonchev–Trinajstić information content (AvgIpc) is 3.02. The molecular formula is C12H17N5OS. The number of aryl methyl sites for hydroxylation is 1. The first-order valence-corrected chi connectivity index (χ1v) is 7.19. The highest BCUT2D eigenvalue weighted by Gasteiger charge is 2.08. The molecule has 0 spiro atoms. The standard InChI is InChI=1S/C12H17N5OS/c1-2-3-4-6-11-15-16-12(19-11)14-10(18)9-17-8-5-7-13-17/h5,7-8H,2-4,6,9H2,1H3,(H,14,16,18). The molecule has 2 aromatic heterocycles. The molecule has 102 valence electrons. The Morgan fingerprint density at radius 3 is 3.05 bits per heavy atom. The second kappa shape index (κ2) is 6.98. The van der Waals surface area contributed by atoms with Gasteiger partial charge in [0.15, 0.2) is 0 Å². The third-order valence-electron chi connectivity index (χ3n) is 2.57. The van der Waals surface area contributed by atoms with Gasteiger partial charge in [0.05, 0.1) is 0 Å². The summed E-state index contributed by atoms with van der Waals surface area (Å²) in [6.07, 6.45) is 7.82. The SMILES string of the molecule is CCCCCc1nnc(NC(=O)Cn2cccn2)s1. The summed E-state index contributed by atoms with van der Waals surface area (Å²) in [6.45, 7) is 2.36. The Morgan fingerprint density at radius 1 is 1.42 bits per heavy atom. The zero-order valence-corrected chi connectivity index (χ0v) is 11.7. The van der Waals surface area contributed by atoms with Gasteiger partial charge in [-0.3, -0.25) is 14.8 Å². The molecule has 6 nitrogen and oxygen atoms in total. The van der Waals surface area contributed by atoms with Crippen molar-refractivity contribution in [3.63, 3.8) is 0 Å². The highest BCUT2D eigenvalue weighted by Crippen LogP contribution is 2.17. The van der Waals surface area contributed by atoms with Crippen molar-refractivity contribution in [1.29, 1.82) is 0 Å². The molecule has 0 saturated carbocycles. The Hall–Kier alpha value is -1.76. The fourth-order valence-electron chi connectivity index (χ4n) is 1.63. The van der Waals surface area contributed by atoms with Gasteiger partial charge in [-0.1, -0.05) is 31.1 Å². The highest BCUT2D eigenvalue weighted by atomic mass is 32.1. The smallest absolute Gasteiger partial charge is 0.247 e. The maximum absolute atomic E-state index is 11.7. The number of rotatable bonds is 7. The predicted molar refractivity (Wildman–Crippen MR) is 74.0 cm³/mol. The first-order valence-electron chi connectivity index (χ1n) is 6.37. The summed E-state index contributed by atoms with van der Waals surface area (Å²) in [5.41, 5.74) is 0. The summed E-state index contributed by atoms with van der Waals surface area (Å²) in [4.78, 5) is 11.7. The van der Waals surface area contributed by atoms with Crippen LogP contribution in [0.1, 0.15) is 31.2 Å². The van der Waals surface area contributed by atoms with E-state index in [9.17, 15) is 4.79 Å². The Morgan fingerprint density at radius 2 is 2.32 bits per heavy atom. The van der Waals surface area contributed by atoms with E-state index in [4.69, 9.17) is 0 Å². The molecule has 0 fully saturated rings. The molecule has 0 aromatic carbocycles. The normalized spacial score (nSPS) is 10.6. The lowest BCUT2D eigenvalue weighted by Crippen LogP contribution is -2.18. The van der Waals surface area contributed by atoms with Gasteiger partial charge in [-0.15, -0.1) is 10.2 Å². The number of carbonyl (C=O) groups excluding carboxylic acids is 1. The van der Waals surface area contributed by atoms with Gasteiger partial charge in [0.1, 0.15) is 11.6 Å². The molecule has 1 N–H and O–H groups in total.